The molecule has 0 bridgehead atoms. The quantitative estimate of drug-likeness (QED) is 0.512. The Morgan fingerprint density at radius 2 is 2.04 bits per heavy atom. The van der Waals surface area contributed by atoms with Crippen LogP contribution in [0.2, 0.25) is 5.02 Å². The molecule has 130 valence electrons. The van der Waals surface area contributed by atoms with Crippen LogP contribution in [-0.4, -0.2) is 21.1 Å². The number of fused-ring (bicyclic) bond motifs is 1. The number of rotatable bonds is 4. The van der Waals surface area contributed by atoms with Gasteiger partial charge in [0.25, 0.3) is 5.91 Å². The highest BCUT2D eigenvalue weighted by Crippen LogP contribution is 2.28. The van der Waals surface area contributed by atoms with Gasteiger partial charge < -0.3 is 0 Å². The van der Waals surface area contributed by atoms with Gasteiger partial charge in [0, 0.05) is 10.6 Å². The van der Waals surface area contributed by atoms with Gasteiger partial charge in [-0.2, -0.15) is 5.10 Å². The van der Waals surface area contributed by atoms with Gasteiger partial charge in [0.05, 0.1) is 27.7 Å². The lowest BCUT2D eigenvalue weighted by molar-refractivity contribution is 0.102. The van der Waals surface area contributed by atoms with E-state index in [0.29, 0.717) is 21.4 Å². The normalized spacial score (nSPS) is 11.0. The number of aryl methyl sites for hydroxylation is 1. The Balaban J connectivity index is 1.61. The highest BCUT2D eigenvalue weighted by molar-refractivity contribution is 7.22. The van der Waals surface area contributed by atoms with Gasteiger partial charge in [0.1, 0.15) is 0 Å². The standard InChI is InChI=1S/C19H15ClN4OS/c1-2-11-3-8-15-16(9-11)26-19(22-15)23-18(25)14-10-21-24-17(14)12-4-6-13(20)7-5-12/h3-10H,2H2,1H3,(H,21,24)(H,22,23,25). The molecule has 0 spiro atoms. The molecule has 4 aromatic rings. The summed E-state index contributed by atoms with van der Waals surface area (Å²) in [5, 5.41) is 11.0. The third-order valence-electron chi connectivity index (χ3n) is 4.10. The molecule has 2 aromatic carbocycles. The molecule has 2 heterocycles. The fourth-order valence-electron chi connectivity index (χ4n) is 2.70. The van der Waals surface area contributed by atoms with Crippen LogP contribution in [0.3, 0.4) is 0 Å². The SMILES string of the molecule is CCc1ccc2nc(NC(=O)c3cn[nH]c3-c3ccc(Cl)cc3)sc2c1. The van der Waals surface area contributed by atoms with Crippen LogP contribution in [0.4, 0.5) is 5.13 Å². The predicted molar refractivity (Wildman–Crippen MR) is 106 cm³/mol. The summed E-state index contributed by atoms with van der Waals surface area (Å²) in [4.78, 5) is 17.2. The third-order valence-corrected chi connectivity index (χ3v) is 5.28. The minimum Gasteiger partial charge on any atom is -0.298 e. The highest BCUT2D eigenvalue weighted by atomic mass is 35.5. The van der Waals surface area contributed by atoms with E-state index in [1.54, 1.807) is 12.1 Å². The predicted octanol–water partition coefficient (Wildman–Crippen LogP) is 5.15. The summed E-state index contributed by atoms with van der Waals surface area (Å²) in [6.07, 6.45) is 2.48. The van der Waals surface area contributed by atoms with E-state index in [2.05, 4.69) is 39.6 Å². The van der Waals surface area contributed by atoms with E-state index >= 15 is 0 Å². The molecule has 2 N–H and O–H groups in total. The van der Waals surface area contributed by atoms with Crippen molar-refractivity contribution in [2.24, 2.45) is 0 Å². The van der Waals surface area contributed by atoms with Crippen molar-refractivity contribution in [1.29, 1.82) is 0 Å². The fourth-order valence-corrected chi connectivity index (χ4v) is 3.75. The number of nitrogens with one attached hydrogen (secondary N) is 2. The Kier molecular flexibility index (Phi) is 4.44. The van der Waals surface area contributed by atoms with Crippen molar-refractivity contribution in [1.82, 2.24) is 15.2 Å². The zero-order chi connectivity index (χ0) is 18.1. The van der Waals surface area contributed by atoms with E-state index in [-0.39, 0.29) is 5.91 Å². The molecule has 0 aliphatic carbocycles. The second-order valence-electron chi connectivity index (χ2n) is 5.79. The van der Waals surface area contributed by atoms with Gasteiger partial charge in [-0.1, -0.05) is 48.1 Å². The van der Waals surface area contributed by atoms with Gasteiger partial charge >= 0.3 is 0 Å². The number of nitrogens with zero attached hydrogens (tertiary/aromatic N) is 2. The van der Waals surface area contributed by atoms with Gasteiger partial charge in [-0.25, -0.2) is 4.98 Å². The van der Waals surface area contributed by atoms with Gasteiger partial charge in [-0.15, -0.1) is 0 Å². The topological polar surface area (TPSA) is 70.7 Å². The number of aromatic nitrogens is 3. The van der Waals surface area contributed by atoms with Gasteiger partial charge in [0.2, 0.25) is 0 Å². The number of amides is 1. The smallest absolute Gasteiger partial charge is 0.261 e. The van der Waals surface area contributed by atoms with Crippen LogP contribution in [0.5, 0.6) is 0 Å². The Bertz CT molecular complexity index is 1080. The van der Waals surface area contributed by atoms with Crippen LogP contribution < -0.4 is 5.32 Å². The van der Waals surface area contributed by atoms with E-state index in [0.717, 1.165) is 22.2 Å². The lowest BCUT2D eigenvalue weighted by Crippen LogP contribution is -2.11. The maximum absolute atomic E-state index is 12.7. The number of hydrogen-bond donors (Lipinski definition) is 2. The minimum atomic E-state index is -0.251. The van der Waals surface area contributed by atoms with Crippen molar-refractivity contribution in [3.63, 3.8) is 0 Å². The molecular formula is C19H15ClN4OS. The molecule has 0 saturated carbocycles. The average Bonchev–Trinajstić information content (AvgIpc) is 3.28. The van der Waals surface area contributed by atoms with Crippen LogP contribution in [0, 0.1) is 0 Å². The van der Waals surface area contributed by atoms with Gasteiger partial charge in [0.15, 0.2) is 5.13 Å². The zero-order valence-corrected chi connectivity index (χ0v) is 15.5. The molecule has 7 heteroatoms. The highest BCUT2D eigenvalue weighted by Gasteiger charge is 2.17. The number of benzene rings is 2. The monoisotopic (exact) mass is 382 g/mol. The van der Waals surface area contributed by atoms with E-state index in [1.807, 2.05) is 18.2 Å². The Hall–Kier alpha value is -2.70. The van der Waals surface area contributed by atoms with Crippen LogP contribution in [-0.2, 0) is 6.42 Å². The van der Waals surface area contributed by atoms with E-state index in [1.165, 1.54) is 23.1 Å². The summed E-state index contributed by atoms with van der Waals surface area (Å²) < 4.78 is 1.06. The molecule has 4 rings (SSSR count). The van der Waals surface area contributed by atoms with Crippen molar-refractivity contribution in [2.75, 3.05) is 5.32 Å². The lowest BCUT2D eigenvalue weighted by Gasteiger charge is -2.03. The summed E-state index contributed by atoms with van der Waals surface area (Å²) in [5.74, 6) is -0.251. The van der Waals surface area contributed by atoms with Crippen molar-refractivity contribution in [3.8, 4) is 11.3 Å². The Morgan fingerprint density at radius 3 is 2.81 bits per heavy atom. The molecule has 2 aromatic heterocycles. The Labute approximate surface area is 159 Å². The molecule has 0 radical (unpaired) electrons. The van der Waals surface area contributed by atoms with Gasteiger partial charge in [-0.05, 0) is 36.2 Å². The molecule has 1 amide bonds. The largest absolute Gasteiger partial charge is 0.298 e. The van der Waals surface area contributed by atoms with Crippen LogP contribution in [0.25, 0.3) is 21.5 Å². The Morgan fingerprint density at radius 1 is 1.23 bits per heavy atom. The lowest BCUT2D eigenvalue weighted by atomic mass is 10.1. The second-order valence-corrected chi connectivity index (χ2v) is 7.26. The second kappa shape index (κ2) is 6.90. The van der Waals surface area contributed by atoms with Crippen LogP contribution >= 0.6 is 22.9 Å². The molecule has 0 aliphatic heterocycles. The molecule has 26 heavy (non-hydrogen) atoms. The number of hydrogen-bond acceptors (Lipinski definition) is 4. The molecule has 0 unspecified atom stereocenters. The molecule has 0 aliphatic rings. The molecular weight excluding hydrogens is 368 g/mol. The minimum absolute atomic E-state index is 0.251. The first kappa shape index (κ1) is 16.8. The van der Waals surface area contributed by atoms with Crippen LogP contribution in [0.15, 0.2) is 48.7 Å². The first-order valence-electron chi connectivity index (χ1n) is 8.14. The molecule has 5 nitrogen and oxygen atoms in total. The number of aromatic amines is 1. The summed E-state index contributed by atoms with van der Waals surface area (Å²) in [6, 6.07) is 13.4. The van der Waals surface area contributed by atoms with Crippen molar-refractivity contribution >= 4 is 44.2 Å². The summed E-state index contributed by atoms with van der Waals surface area (Å²) in [6.45, 7) is 2.11. The summed E-state index contributed by atoms with van der Waals surface area (Å²) in [7, 11) is 0. The van der Waals surface area contributed by atoms with E-state index < -0.39 is 0 Å². The third kappa shape index (κ3) is 3.21. The number of carbonyl (C=O) groups excluding carboxylic acids is 1. The number of H-pyrrole nitrogens is 1. The fraction of sp³-hybridized carbons (Fsp3) is 0.105. The van der Waals surface area contributed by atoms with Gasteiger partial charge in [-0.3, -0.25) is 15.2 Å². The first-order valence-corrected chi connectivity index (χ1v) is 9.33. The number of halogens is 1. The maximum Gasteiger partial charge on any atom is 0.261 e. The van der Waals surface area contributed by atoms with Crippen molar-refractivity contribution in [2.45, 2.75) is 13.3 Å². The van der Waals surface area contributed by atoms with E-state index in [9.17, 15) is 4.79 Å². The van der Waals surface area contributed by atoms with Crippen molar-refractivity contribution in [3.05, 3.63) is 64.8 Å². The average molecular weight is 383 g/mol. The molecule has 0 fully saturated rings. The summed E-state index contributed by atoms with van der Waals surface area (Å²) in [5.41, 5.74) is 4.08. The zero-order valence-electron chi connectivity index (χ0n) is 13.9. The number of anilines is 1. The number of thiazole rings is 1. The molecule has 0 atom stereocenters. The first-order chi connectivity index (χ1) is 12.6. The molecule has 0 saturated heterocycles. The van der Waals surface area contributed by atoms with Crippen LogP contribution in [0.1, 0.15) is 22.8 Å². The maximum atomic E-state index is 12.7. The number of carbonyl (C=O) groups is 1. The van der Waals surface area contributed by atoms with E-state index in [4.69, 9.17) is 11.6 Å². The van der Waals surface area contributed by atoms with Crippen molar-refractivity contribution < 1.29 is 4.79 Å². The summed E-state index contributed by atoms with van der Waals surface area (Å²) >= 11 is 7.40.